The summed E-state index contributed by atoms with van der Waals surface area (Å²) in [5.41, 5.74) is 1.18. The lowest BCUT2D eigenvalue weighted by molar-refractivity contribution is -0.132. The molecule has 1 aliphatic heterocycles. The van der Waals surface area contributed by atoms with E-state index in [1.54, 1.807) is 0 Å². The van der Waals surface area contributed by atoms with E-state index in [0.29, 0.717) is 13.2 Å². The molecule has 1 saturated heterocycles. The largest absolute Gasteiger partial charge is 0.492 e. The summed E-state index contributed by atoms with van der Waals surface area (Å²) < 4.78 is 5.88. The van der Waals surface area contributed by atoms with Crippen LogP contribution in [0, 0.1) is 6.92 Å². The van der Waals surface area contributed by atoms with Crippen LogP contribution in [0.3, 0.4) is 0 Å². The lowest BCUT2D eigenvalue weighted by atomic mass is 10.2. The normalized spacial score (nSPS) is 16.1. The van der Waals surface area contributed by atoms with Gasteiger partial charge in [-0.05, 0) is 32.4 Å². The quantitative estimate of drug-likeness (QED) is 0.727. The third-order valence-corrected chi connectivity index (χ3v) is 4.70. The number of piperazine rings is 1. The number of hydrogen-bond donors (Lipinski definition) is 0. The van der Waals surface area contributed by atoms with E-state index in [0.717, 1.165) is 51.6 Å². The van der Waals surface area contributed by atoms with Gasteiger partial charge < -0.3 is 9.64 Å². The molecule has 5 heteroatoms. The maximum absolute atomic E-state index is 12.2. The van der Waals surface area contributed by atoms with Crippen LogP contribution >= 0.6 is 0 Å². The third-order valence-electron chi connectivity index (χ3n) is 4.70. The molecule has 1 aromatic carbocycles. The number of amides is 1. The Morgan fingerprint density at radius 1 is 1.08 bits per heavy atom. The van der Waals surface area contributed by atoms with E-state index in [1.807, 2.05) is 36.9 Å². The van der Waals surface area contributed by atoms with E-state index in [4.69, 9.17) is 4.74 Å². The second-order valence-electron chi connectivity index (χ2n) is 6.30. The molecule has 5 nitrogen and oxygen atoms in total. The molecule has 0 aromatic heterocycles. The van der Waals surface area contributed by atoms with Crippen LogP contribution in [0.4, 0.5) is 0 Å². The summed E-state index contributed by atoms with van der Waals surface area (Å²) in [4.78, 5) is 18.7. The molecule has 0 N–H and O–H groups in total. The highest BCUT2D eigenvalue weighted by Gasteiger charge is 2.20. The molecule has 0 unspecified atom stereocenters. The van der Waals surface area contributed by atoms with Crippen LogP contribution in [0.15, 0.2) is 24.3 Å². The molecule has 24 heavy (non-hydrogen) atoms. The predicted molar refractivity (Wildman–Crippen MR) is 97.5 cm³/mol. The van der Waals surface area contributed by atoms with Gasteiger partial charge in [-0.3, -0.25) is 14.6 Å². The fraction of sp³-hybridized carbons (Fsp3) is 0.632. The van der Waals surface area contributed by atoms with Crippen molar-refractivity contribution in [2.45, 2.75) is 20.8 Å². The minimum Gasteiger partial charge on any atom is -0.492 e. The van der Waals surface area contributed by atoms with Crippen molar-refractivity contribution in [3.8, 4) is 5.75 Å². The van der Waals surface area contributed by atoms with Crippen molar-refractivity contribution in [1.29, 1.82) is 0 Å². The van der Waals surface area contributed by atoms with Crippen molar-refractivity contribution in [2.75, 3.05) is 59.0 Å². The number of nitrogens with zero attached hydrogens (tertiary/aromatic N) is 3. The Kier molecular flexibility index (Phi) is 7.53. The lowest BCUT2D eigenvalue weighted by Gasteiger charge is -2.35. The van der Waals surface area contributed by atoms with Gasteiger partial charge >= 0.3 is 0 Å². The highest BCUT2D eigenvalue weighted by Crippen LogP contribution is 2.16. The van der Waals surface area contributed by atoms with Gasteiger partial charge in [0.05, 0.1) is 6.54 Å². The minimum absolute atomic E-state index is 0.247. The van der Waals surface area contributed by atoms with E-state index in [1.165, 1.54) is 5.56 Å². The first-order valence-electron chi connectivity index (χ1n) is 9.05. The molecule has 0 radical (unpaired) electrons. The van der Waals surface area contributed by atoms with Crippen molar-refractivity contribution < 1.29 is 9.53 Å². The Morgan fingerprint density at radius 3 is 2.33 bits per heavy atom. The second-order valence-corrected chi connectivity index (χ2v) is 6.30. The van der Waals surface area contributed by atoms with Gasteiger partial charge in [0.25, 0.3) is 0 Å². The summed E-state index contributed by atoms with van der Waals surface area (Å²) in [6, 6.07) is 8.13. The molecule has 0 aliphatic carbocycles. The second kappa shape index (κ2) is 9.64. The molecule has 1 aromatic rings. The van der Waals surface area contributed by atoms with Gasteiger partial charge in [-0.25, -0.2) is 0 Å². The molecule has 2 rings (SSSR count). The Morgan fingerprint density at radius 2 is 1.71 bits per heavy atom. The Bertz CT molecular complexity index is 509. The summed E-state index contributed by atoms with van der Waals surface area (Å²) in [5.74, 6) is 1.22. The van der Waals surface area contributed by atoms with Crippen LogP contribution < -0.4 is 4.74 Å². The van der Waals surface area contributed by atoms with E-state index in [2.05, 4.69) is 22.8 Å². The highest BCUT2D eigenvalue weighted by molar-refractivity contribution is 5.78. The Labute approximate surface area is 146 Å². The Hall–Kier alpha value is -1.59. The molecule has 0 atom stereocenters. The SMILES string of the molecule is CCN(CC)C(=O)CN1CCN(CCOc2ccccc2C)CC1. The summed E-state index contributed by atoms with van der Waals surface area (Å²) in [5, 5.41) is 0. The minimum atomic E-state index is 0.247. The summed E-state index contributed by atoms with van der Waals surface area (Å²) in [6.45, 7) is 13.9. The van der Waals surface area contributed by atoms with E-state index in [9.17, 15) is 4.79 Å². The smallest absolute Gasteiger partial charge is 0.236 e. The summed E-state index contributed by atoms with van der Waals surface area (Å²) in [7, 11) is 0. The topological polar surface area (TPSA) is 36.0 Å². The molecular formula is C19H31N3O2. The van der Waals surface area contributed by atoms with Crippen LogP contribution in [-0.4, -0.2) is 79.6 Å². The number of carbonyl (C=O) groups is 1. The fourth-order valence-corrected chi connectivity index (χ4v) is 3.04. The maximum atomic E-state index is 12.2. The predicted octanol–water partition coefficient (Wildman–Crippen LogP) is 1.86. The zero-order valence-electron chi connectivity index (χ0n) is 15.3. The fourth-order valence-electron chi connectivity index (χ4n) is 3.04. The molecule has 0 spiro atoms. The number of rotatable bonds is 8. The molecule has 0 bridgehead atoms. The van der Waals surface area contributed by atoms with Crippen molar-refractivity contribution in [2.24, 2.45) is 0 Å². The summed E-state index contributed by atoms with van der Waals surface area (Å²) in [6.07, 6.45) is 0. The van der Waals surface area contributed by atoms with Gasteiger partial charge in [0.2, 0.25) is 5.91 Å². The van der Waals surface area contributed by atoms with E-state index in [-0.39, 0.29) is 5.91 Å². The molecule has 1 amide bonds. The zero-order chi connectivity index (χ0) is 17.4. The monoisotopic (exact) mass is 333 g/mol. The summed E-state index contributed by atoms with van der Waals surface area (Å²) >= 11 is 0. The van der Waals surface area contributed by atoms with Crippen molar-refractivity contribution in [3.63, 3.8) is 0 Å². The average molecular weight is 333 g/mol. The first-order chi connectivity index (χ1) is 11.6. The number of benzene rings is 1. The van der Waals surface area contributed by atoms with E-state index >= 15 is 0 Å². The standard InChI is InChI=1S/C19H31N3O2/c1-4-22(5-2)19(23)16-21-12-10-20(11-13-21)14-15-24-18-9-7-6-8-17(18)3/h6-9H,4-5,10-16H2,1-3H3. The number of carbonyl (C=O) groups excluding carboxylic acids is 1. The van der Waals surface area contributed by atoms with Crippen molar-refractivity contribution >= 4 is 5.91 Å². The number of hydrogen-bond acceptors (Lipinski definition) is 4. The molecule has 1 aliphatic rings. The third kappa shape index (κ3) is 5.49. The van der Waals surface area contributed by atoms with Crippen LogP contribution in [0.5, 0.6) is 5.75 Å². The van der Waals surface area contributed by atoms with E-state index < -0.39 is 0 Å². The molecular weight excluding hydrogens is 302 g/mol. The molecule has 0 saturated carbocycles. The number of para-hydroxylation sites is 1. The zero-order valence-corrected chi connectivity index (χ0v) is 15.3. The highest BCUT2D eigenvalue weighted by atomic mass is 16.5. The van der Waals surface area contributed by atoms with Gasteiger partial charge in [0.1, 0.15) is 12.4 Å². The van der Waals surface area contributed by atoms with Crippen molar-refractivity contribution in [3.05, 3.63) is 29.8 Å². The van der Waals surface area contributed by atoms with Gasteiger partial charge in [-0.15, -0.1) is 0 Å². The maximum Gasteiger partial charge on any atom is 0.236 e. The van der Waals surface area contributed by atoms with Crippen LogP contribution in [0.25, 0.3) is 0 Å². The Balaban J connectivity index is 1.66. The van der Waals surface area contributed by atoms with Gasteiger partial charge in [-0.2, -0.15) is 0 Å². The number of likely N-dealkylation sites (N-methyl/N-ethyl adjacent to an activating group) is 1. The van der Waals surface area contributed by atoms with Gasteiger partial charge in [0, 0.05) is 45.8 Å². The first-order valence-corrected chi connectivity index (χ1v) is 9.05. The lowest BCUT2D eigenvalue weighted by Crippen LogP contribution is -2.50. The first kappa shape index (κ1) is 18.7. The molecule has 134 valence electrons. The van der Waals surface area contributed by atoms with Gasteiger partial charge in [-0.1, -0.05) is 18.2 Å². The number of aryl methyl sites for hydroxylation is 1. The van der Waals surface area contributed by atoms with Crippen LogP contribution in [0.1, 0.15) is 19.4 Å². The van der Waals surface area contributed by atoms with Crippen LogP contribution in [-0.2, 0) is 4.79 Å². The average Bonchev–Trinajstić information content (AvgIpc) is 2.59. The molecule has 1 fully saturated rings. The number of ether oxygens (including phenoxy) is 1. The van der Waals surface area contributed by atoms with Crippen molar-refractivity contribution in [1.82, 2.24) is 14.7 Å². The van der Waals surface area contributed by atoms with Gasteiger partial charge in [0.15, 0.2) is 0 Å². The molecule has 1 heterocycles. The van der Waals surface area contributed by atoms with Crippen LogP contribution in [0.2, 0.25) is 0 Å².